The van der Waals surface area contributed by atoms with Gasteiger partial charge in [-0.3, -0.25) is 9.36 Å². The van der Waals surface area contributed by atoms with Crippen molar-refractivity contribution in [1.82, 2.24) is 9.55 Å². The molecule has 0 radical (unpaired) electrons. The molecule has 1 amide bonds. The van der Waals surface area contributed by atoms with E-state index in [4.69, 9.17) is 38.9 Å². The van der Waals surface area contributed by atoms with E-state index < -0.39 is 0 Å². The number of aryl methyl sites for hydroxylation is 1. The van der Waals surface area contributed by atoms with E-state index >= 15 is 0 Å². The van der Waals surface area contributed by atoms with Gasteiger partial charge < -0.3 is 21.5 Å². The number of carbonyl (C=O) groups is 1. The number of carbonyl (C=O) groups excluding carboxylic acids is 1. The minimum atomic E-state index is -0.345. The fourth-order valence-electron chi connectivity index (χ4n) is 5.14. The van der Waals surface area contributed by atoms with Crippen LogP contribution in [0.3, 0.4) is 0 Å². The third-order valence-corrected chi connectivity index (χ3v) is 7.68. The van der Waals surface area contributed by atoms with Gasteiger partial charge in [-0.25, -0.2) is 15.0 Å². The van der Waals surface area contributed by atoms with Crippen molar-refractivity contribution < 1.29 is 9.90 Å². The Hall–Kier alpha value is -2.62. The first-order valence-corrected chi connectivity index (χ1v) is 13.1. The average Bonchev–Trinajstić information content (AvgIpc) is 3.15. The summed E-state index contributed by atoms with van der Waals surface area (Å²) in [6.07, 6.45) is 5.79. The fraction of sp³-hybridized carbons (Fsp3) is 0.520. The highest BCUT2D eigenvalue weighted by atomic mass is 35.5. The van der Waals surface area contributed by atoms with E-state index in [1.165, 1.54) is 0 Å². The summed E-state index contributed by atoms with van der Waals surface area (Å²) in [4.78, 5) is 25.4. The molecule has 2 aliphatic carbocycles. The number of nitrogens with two attached hydrogens (primary N) is 1. The Morgan fingerprint density at radius 1 is 1.19 bits per heavy atom. The number of imidazole rings is 1. The van der Waals surface area contributed by atoms with Gasteiger partial charge in [-0.15, -0.1) is 0 Å². The maximum absolute atomic E-state index is 11.7. The van der Waals surface area contributed by atoms with Crippen molar-refractivity contribution in [2.45, 2.75) is 76.5 Å². The number of aliphatic hydroxyl groups is 1. The van der Waals surface area contributed by atoms with Crippen molar-refractivity contribution in [1.29, 1.82) is 0 Å². The Morgan fingerprint density at radius 3 is 2.50 bits per heavy atom. The first-order valence-electron chi connectivity index (χ1n) is 12.4. The number of aliphatic hydroxyl groups excluding tert-OH is 1. The van der Waals surface area contributed by atoms with Crippen LogP contribution >= 0.6 is 23.2 Å². The van der Waals surface area contributed by atoms with E-state index in [0.29, 0.717) is 46.9 Å². The number of primary amides is 1. The molecule has 9 nitrogen and oxygen atoms in total. The van der Waals surface area contributed by atoms with E-state index in [0.717, 1.165) is 43.6 Å². The molecule has 5 N–H and O–H groups in total. The summed E-state index contributed by atoms with van der Waals surface area (Å²) in [6, 6.07) is 5.34. The molecular weight excluding hydrogens is 501 g/mol. The minimum Gasteiger partial charge on any atom is -0.393 e. The highest BCUT2D eigenvalue weighted by Crippen LogP contribution is 2.40. The zero-order valence-corrected chi connectivity index (χ0v) is 21.9. The molecule has 0 aliphatic heterocycles. The van der Waals surface area contributed by atoms with Gasteiger partial charge in [0.2, 0.25) is 17.8 Å². The van der Waals surface area contributed by atoms with Gasteiger partial charge in [0.1, 0.15) is 5.82 Å². The topological polar surface area (TPSA) is 130 Å². The Kier molecular flexibility index (Phi) is 8.54. The number of hydrogen-bond donors (Lipinski definition) is 4. The number of para-hydroxylation sites is 1. The van der Waals surface area contributed by atoms with Crippen LogP contribution in [0, 0.1) is 12.8 Å². The first-order chi connectivity index (χ1) is 17.3. The number of hydrogen-bond acceptors (Lipinski definition) is 5. The van der Waals surface area contributed by atoms with Crippen molar-refractivity contribution in [3.8, 4) is 0 Å². The number of rotatable bonds is 6. The molecule has 2 fully saturated rings. The van der Waals surface area contributed by atoms with Crippen LogP contribution < -0.4 is 16.4 Å². The Bertz CT molecular complexity index is 1120. The van der Waals surface area contributed by atoms with Crippen LogP contribution in [0.1, 0.15) is 63.1 Å². The van der Waals surface area contributed by atoms with Gasteiger partial charge in [0.05, 0.1) is 33.6 Å². The fourth-order valence-corrected chi connectivity index (χ4v) is 5.63. The molecule has 0 bridgehead atoms. The number of guanidine groups is 1. The van der Waals surface area contributed by atoms with E-state index in [2.05, 4.69) is 26.9 Å². The predicted molar refractivity (Wildman–Crippen MR) is 146 cm³/mol. The van der Waals surface area contributed by atoms with E-state index in [9.17, 15) is 9.90 Å². The van der Waals surface area contributed by atoms with Crippen molar-refractivity contribution >= 4 is 59.2 Å². The van der Waals surface area contributed by atoms with Gasteiger partial charge in [0.25, 0.3) is 0 Å². The molecular formula is C25H33Cl2N7O2. The molecule has 11 heteroatoms. The van der Waals surface area contributed by atoms with Crippen molar-refractivity contribution in [2.75, 3.05) is 10.6 Å². The molecule has 2 aromatic rings. The first kappa shape index (κ1) is 26.4. The normalized spacial score (nSPS) is 24.8. The highest BCUT2D eigenvalue weighted by Gasteiger charge is 2.30. The van der Waals surface area contributed by atoms with Crippen LogP contribution in [0.4, 0.5) is 17.5 Å². The van der Waals surface area contributed by atoms with Crippen molar-refractivity contribution in [2.24, 2.45) is 21.6 Å². The molecule has 0 spiro atoms. The Labute approximate surface area is 221 Å². The lowest BCUT2D eigenvalue weighted by atomic mass is 9.85. The van der Waals surface area contributed by atoms with Gasteiger partial charge in [0.15, 0.2) is 0 Å². The lowest BCUT2D eigenvalue weighted by Crippen LogP contribution is -2.29. The lowest BCUT2D eigenvalue weighted by molar-refractivity contribution is -0.122. The standard InChI is InChI=1S/C25H33Cl2N7O2/c1-14-23(33-24(29-2)31-16-5-3-6-18(35)13-16)34(17-11-9-15(10-12-17)22(28)36)25(30-14)32-21-19(26)7-4-8-20(21)27/h4,7-8,15-18,35H,2-3,5-6,9-13H2,1H3,(H2,28,36)(H,30,32)(H,31,33)/t15?,16-,17?,18+/m0/s1. The number of amides is 1. The summed E-state index contributed by atoms with van der Waals surface area (Å²) in [5.74, 6) is 1.30. The zero-order chi connectivity index (χ0) is 25.8. The van der Waals surface area contributed by atoms with Crippen LogP contribution in [0.2, 0.25) is 10.0 Å². The van der Waals surface area contributed by atoms with Crippen molar-refractivity contribution in [3.05, 3.63) is 33.9 Å². The smallest absolute Gasteiger partial charge is 0.223 e. The number of nitrogens with zero attached hydrogens (tertiary/aromatic N) is 4. The molecule has 2 aliphatic rings. The minimum absolute atomic E-state index is 0.0241. The Morgan fingerprint density at radius 2 is 1.89 bits per heavy atom. The average molecular weight is 534 g/mol. The summed E-state index contributed by atoms with van der Waals surface area (Å²) in [6.45, 7) is 5.60. The number of aliphatic imine (C=N–C) groups is 2. The lowest BCUT2D eigenvalue weighted by Gasteiger charge is -2.30. The van der Waals surface area contributed by atoms with Crippen LogP contribution in [0.25, 0.3) is 0 Å². The molecule has 1 aromatic heterocycles. The summed E-state index contributed by atoms with van der Waals surface area (Å²) < 4.78 is 2.07. The third-order valence-electron chi connectivity index (χ3n) is 7.05. The zero-order valence-electron chi connectivity index (χ0n) is 20.4. The second-order valence-corrected chi connectivity index (χ2v) is 10.4. The number of aromatic nitrogens is 2. The second kappa shape index (κ2) is 11.6. The molecule has 2 saturated carbocycles. The summed E-state index contributed by atoms with van der Waals surface area (Å²) in [5, 5.41) is 17.7. The summed E-state index contributed by atoms with van der Waals surface area (Å²) in [7, 11) is 0. The molecule has 1 aromatic carbocycles. The van der Waals surface area contributed by atoms with Crippen molar-refractivity contribution in [3.63, 3.8) is 0 Å². The number of nitrogens with one attached hydrogen (secondary N) is 2. The molecule has 194 valence electrons. The summed E-state index contributed by atoms with van der Waals surface area (Å²) in [5.41, 5.74) is 6.87. The molecule has 0 saturated heterocycles. The summed E-state index contributed by atoms with van der Waals surface area (Å²) >= 11 is 12.9. The number of halogens is 2. The van der Waals surface area contributed by atoms with Crippen LogP contribution in [0.15, 0.2) is 28.2 Å². The van der Waals surface area contributed by atoms with Crippen LogP contribution in [-0.2, 0) is 4.79 Å². The number of anilines is 3. The van der Waals surface area contributed by atoms with Gasteiger partial charge in [0, 0.05) is 12.0 Å². The molecule has 36 heavy (non-hydrogen) atoms. The second-order valence-electron chi connectivity index (χ2n) is 9.58. The van der Waals surface area contributed by atoms with Crippen LogP contribution in [-0.4, -0.2) is 45.4 Å². The van der Waals surface area contributed by atoms with Gasteiger partial charge >= 0.3 is 0 Å². The largest absolute Gasteiger partial charge is 0.393 e. The van der Waals surface area contributed by atoms with Crippen LogP contribution in [0.5, 0.6) is 0 Å². The third kappa shape index (κ3) is 6.02. The quantitative estimate of drug-likeness (QED) is 0.298. The molecule has 0 unspecified atom stereocenters. The van der Waals surface area contributed by atoms with E-state index in [-0.39, 0.29) is 30.0 Å². The molecule has 4 rings (SSSR count). The maximum Gasteiger partial charge on any atom is 0.223 e. The highest BCUT2D eigenvalue weighted by molar-refractivity contribution is 6.39. The van der Waals surface area contributed by atoms with Gasteiger partial charge in [-0.2, -0.15) is 0 Å². The Balaban J connectivity index is 1.68. The predicted octanol–water partition coefficient (Wildman–Crippen LogP) is 5.23. The molecule has 1 heterocycles. The van der Waals surface area contributed by atoms with E-state index in [1.807, 2.05) is 6.92 Å². The van der Waals surface area contributed by atoms with Gasteiger partial charge in [-0.05, 0) is 77.1 Å². The molecule has 2 atom stereocenters. The number of benzene rings is 1. The maximum atomic E-state index is 11.7. The van der Waals surface area contributed by atoms with E-state index in [1.54, 1.807) is 18.2 Å². The monoisotopic (exact) mass is 533 g/mol. The van der Waals surface area contributed by atoms with Gasteiger partial charge in [-0.1, -0.05) is 29.3 Å². The SMILES string of the molecule is C=NC(=N[C@H]1CCC[C@@H](O)C1)Nc1c(C)nc(Nc2c(Cl)cccc2Cl)n1C1CCC(C(N)=O)CC1.